The lowest BCUT2D eigenvalue weighted by Gasteiger charge is -2.20. The number of para-hydroxylation sites is 1. The van der Waals surface area contributed by atoms with E-state index in [0.717, 1.165) is 24.2 Å². The smallest absolute Gasteiger partial charge is 0.0705 e. The van der Waals surface area contributed by atoms with Crippen LogP contribution in [-0.4, -0.2) is 17.1 Å². The number of nitrogens with one attached hydrogen (secondary N) is 1. The Morgan fingerprint density at radius 1 is 1.06 bits per heavy atom. The van der Waals surface area contributed by atoms with E-state index in [1.54, 1.807) is 0 Å². The minimum Gasteiger partial charge on any atom is -0.312 e. The molecule has 0 amide bonds. The van der Waals surface area contributed by atoms with Crippen LogP contribution in [0.3, 0.4) is 0 Å². The molecule has 0 saturated heterocycles. The van der Waals surface area contributed by atoms with Gasteiger partial charge in [0, 0.05) is 29.6 Å². The summed E-state index contributed by atoms with van der Waals surface area (Å²) >= 11 is 0. The predicted molar refractivity (Wildman–Crippen MR) is 73.2 cm³/mol. The topological polar surface area (TPSA) is 24.9 Å². The molecule has 0 aliphatic rings. The Morgan fingerprint density at radius 3 is 2.59 bits per heavy atom. The molecule has 0 saturated carbocycles. The second kappa shape index (κ2) is 4.84. The third-order valence-electron chi connectivity index (χ3n) is 2.69. The first-order valence-electron chi connectivity index (χ1n) is 6.14. The highest BCUT2D eigenvalue weighted by Crippen LogP contribution is 2.12. The molecule has 0 unspecified atom stereocenters. The molecule has 2 rings (SSSR count). The van der Waals surface area contributed by atoms with E-state index in [4.69, 9.17) is 0 Å². The lowest BCUT2D eigenvalue weighted by Crippen LogP contribution is -2.37. The average Bonchev–Trinajstić information content (AvgIpc) is 2.27. The van der Waals surface area contributed by atoms with Crippen LogP contribution < -0.4 is 5.32 Å². The fourth-order valence-electron chi connectivity index (χ4n) is 1.81. The molecule has 0 radical (unpaired) electrons. The molecule has 2 heteroatoms. The largest absolute Gasteiger partial charge is 0.312 e. The van der Waals surface area contributed by atoms with Crippen molar-refractivity contribution < 1.29 is 0 Å². The SMILES string of the molecule is CC(C)(C)NCCc1ccc2ccccc2n1. The fraction of sp³-hybridized carbons (Fsp3) is 0.400. The molecule has 0 aliphatic heterocycles. The Bertz CT molecular complexity index is 497. The lowest BCUT2D eigenvalue weighted by atomic mass is 10.1. The van der Waals surface area contributed by atoms with Crippen molar-refractivity contribution in [3.63, 3.8) is 0 Å². The van der Waals surface area contributed by atoms with Gasteiger partial charge in [-0.2, -0.15) is 0 Å². The number of hydrogen-bond donors (Lipinski definition) is 1. The molecule has 0 spiro atoms. The second-order valence-corrected chi connectivity index (χ2v) is 5.42. The maximum absolute atomic E-state index is 4.65. The first kappa shape index (κ1) is 12.1. The van der Waals surface area contributed by atoms with E-state index in [2.05, 4.69) is 55.3 Å². The van der Waals surface area contributed by atoms with Crippen LogP contribution in [0.15, 0.2) is 36.4 Å². The zero-order valence-corrected chi connectivity index (χ0v) is 10.8. The van der Waals surface area contributed by atoms with E-state index in [1.165, 1.54) is 5.39 Å². The molecule has 0 aliphatic carbocycles. The molecule has 17 heavy (non-hydrogen) atoms. The van der Waals surface area contributed by atoms with Gasteiger partial charge in [0.25, 0.3) is 0 Å². The van der Waals surface area contributed by atoms with E-state index in [1.807, 2.05) is 12.1 Å². The monoisotopic (exact) mass is 228 g/mol. The summed E-state index contributed by atoms with van der Waals surface area (Å²) in [5.74, 6) is 0. The molecular formula is C15H20N2. The Morgan fingerprint density at radius 2 is 1.82 bits per heavy atom. The number of benzene rings is 1. The Kier molecular flexibility index (Phi) is 3.43. The van der Waals surface area contributed by atoms with Crippen molar-refractivity contribution >= 4 is 10.9 Å². The number of aromatic nitrogens is 1. The van der Waals surface area contributed by atoms with E-state index in [9.17, 15) is 0 Å². The van der Waals surface area contributed by atoms with Gasteiger partial charge in [-0.15, -0.1) is 0 Å². The van der Waals surface area contributed by atoms with Gasteiger partial charge >= 0.3 is 0 Å². The Hall–Kier alpha value is -1.41. The van der Waals surface area contributed by atoms with Crippen LogP contribution in [0.1, 0.15) is 26.5 Å². The van der Waals surface area contributed by atoms with Gasteiger partial charge in [0.2, 0.25) is 0 Å². The summed E-state index contributed by atoms with van der Waals surface area (Å²) in [5, 5.41) is 4.69. The standard InChI is InChI=1S/C15H20N2/c1-15(2,3)16-11-10-13-9-8-12-6-4-5-7-14(12)17-13/h4-9,16H,10-11H2,1-3H3. The number of hydrogen-bond acceptors (Lipinski definition) is 2. The van der Waals surface area contributed by atoms with Gasteiger partial charge in [-0.25, -0.2) is 0 Å². The van der Waals surface area contributed by atoms with E-state index >= 15 is 0 Å². The molecule has 0 fully saturated rings. The summed E-state index contributed by atoms with van der Waals surface area (Å²) in [5.41, 5.74) is 2.41. The number of pyridine rings is 1. The Balaban J connectivity index is 2.04. The van der Waals surface area contributed by atoms with Gasteiger partial charge in [-0.3, -0.25) is 4.98 Å². The van der Waals surface area contributed by atoms with Crippen LogP contribution in [-0.2, 0) is 6.42 Å². The van der Waals surface area contributed by atoms with Crippen LogP contribution >= 0.6 is 0 Å². The highest BCUT2D eigenvalue weighted by molar-refractivity contribution is 5.78. The maximum atomic E-state index is 4.65. The minimum atomic E-state index is 0.177. The maximum Gasteiger partial charge on any atom is 0.0705 e. The van der Waals surface area contributed by atoms with Crippen LogP contribution in [0.25, 0.3) is 10.9 Å². The van der Waals surface area contributed by atoms with Crippen molar-refractivity contribution in [2.75, 3.05) is 6.54 Å². The van der Waals surface area contributed by atoms with Gasteiger partial charge in [0.15, 0.2) is 0 Å². The first-order chi connectivity index (χ1) is 8.04. The van der Waals surface area contributed by atoms with Gasteiger partial charge in [-0.1, -0.05) is 24.3 Å². The third-order valence-corrected chi connectivity index (χ3v) is 2.69. The molecule has 90 valence electrons. The molecule has 1 aromatic heterocycles. The Labute approximate surface area is 103 Å². The van der Waals surface area contributed by atoms with Crippen molar-refractivity contribution in [3.05, 3.63) is 42.1 Å². The zero-order chi connectivity index (χ0) is 12.3. The van der Waals surface area contributed by atoms with Crippen molar-refractivity contribution in [1.29, 1.82) is 0 Å². The third kappa shape index (κ3) is 3.53. The number of nitrogens with zero attached hydrogens (tertiary/aromatic N) is 1. The van der Waals surface area contributed by atoms with Gasteiger partial charge in [0.1, 0.15) is 0 Å². The first-order valence-corrected chi connectivity index (χ1v) is 6.14. The normalized spacial score (nSPS) is 11.9. The van der Waals surface area contributed by atoms with Crippen LogP contribution in [0.5, 0.6) is 0 Å². The molecule has 1 aromatic carbocycles. The van der Waals surface area contributed by atoms with Crippen molar-refractivity contribution in [2.45, 2.75) is 32.7 Å². The molecule has 0 atom stereocenters. The summed E-state index contributed by atoms with van der Waals surface area (Å²) in [6.45, 7) is 7.51. The fourth-order valence-corrected chi connectivity index (χ4v) is 1.81. The quantitative estimate of drug-likeness (QED) is 0.873. The molecule has 2 nitrogen and oxygen atoms in total. The summed E-state index contributed by atoms with van der Waals surface area (Å²) in [7, 11) is 0. The van der Waals surface area contributed by atoms with Crippen molar-refractivity contribution in [2.24, 2.45) is 0 Å². The molecule has 1 N–H and O–H groups in total. The van der Waals surface area contributed by atoms with E-state index in [-0.39, 0.29) is 5.54 Å². The van der Waals surface area contributed by atoms with Crippen LogP contribution in [0, 0.1) is 0 Å². The average molecular weight is 228 g/mol. The van der Waals surface area contributed by atoms with Gasteiger partial charge in [-0.05, 0) is 32.9 Å². The summed E-state index contributed by atoms with van der Waals surface area (Å²) in [4.78, 5) is 4.65. The van der Waals surface area contributed by atoms with Crippen LogP contribution in [0.2, 0.25) is 0 Å². The highest BCUT2D eigenvalue weighted by atomic mass is 14.9. The molecular weight excluding hydrogens is 208 g/mol. The number of fused-ring (bicyclic) bond motifs is 1. The van der Waals surface area contributed by atoms with Crippen molar-refractivity contribution in [3.8, 4) is 0 Å². The van der Waals surface area contributed by atoms with E-state index in [0.29, 0.717) is 0 Å². The second-order valence-electron chi connectivity index (χ2n) is 5.42. The number of rotatable bonds is 3. The minimum absolute atomic E-state index is 0.177. The summed E-state index contributed by atoms with van der Waals surface area (Å²) in [6.07, 6.45) is 0.974. The van der Waals surface area contributed by atoms with Gasteiger partial charge in [0.05, 0.1) is 5.52 Å². The lowest BCUT2D eigenvalue weighted by molar-refractivity contribution is 0.428. The zero-order valence-electron chi connectivity index (χ0n) is 10.8. The van der Waals surface area contributed by atoms with E-state index < -0.39 is 0 Å². The van der Waals surface area contributed by atoms with Crippen molar-refractivity contribution in [1.82, 2.24) is 10.3 Å². The predicted octanol–water partition coefficient (Wildman–Crippen LogP) is 3.17. The van der Waals surface area contributed by atoms with Gasteiger partial charge < -0.3 is 5.32 Å². The molecule has 2 aromatic rings. The van der Waals surface area contributed by atoms with Crippen LogP contribution in [0.4, 0.5) is 0 Å². The highest BCUT2D eigenvalue weighted by Gasteiger charge is 2.07. The molecule has 0 bridgehead atoms. The molecule has 1 heterocycles. The summed E-state index contributed by atoms with van der Waals surface area (Å²) in [6, 6.07) is 12.5. The summed E-state index contributed by atoms with van der Waals surface area (Å²) < 4.78 is 0.